The number of hydrogen-bond acceptors (Lipinski definition) is 4. The molecule has 1 amide bonds. The molecule has 1 atom stereocenters. The number of hydrogen-bond donors (Lipinski definition) is 1. The molecule has 6 heteroatoms. The van der Waals surface area contributed by atoms with Gasteiger partial charge < -0.3 is 14.8 Å². The van der Waals surface area contributed by atoms with Crippen LogP contribution in [0.4, 0.5) is 0 Å². The average molecular weight is 349 g/mol. The molecule has 1 N–H and O–H groups in total. The molecular formula is C20H23N5O. The first kappa shape index (κ1) is 16.7. The lowest BCUT2D eigenvalue weighted by molar-refractivity contribution is 0.0724. The molecule has 0 spiro atoms. The highest BCUT2D eigenvalue weighted by atomic mass is 16.2. The molecule has 1 fully saturated rings. The van der Waals surface area contributed by atoms with E-state index in [1.807, 2.05) is 55.4 Å². The second-order valence-electron chi connectivity index (χ2n) is 7.07. The van der Waals surface area contributed by atoms with E-state index in [-0.39, 0.29) is 11.9 Å². The summed E-state index contributed by atoms with van der Waals surface area (Å²) >= 11 is 0. The highest BCUT2D eigenvalue weighted by molar-refractivity contribution is 5.98. The highest BCUT2D eigenvalue weighted by Gasteiger charge is 2.33. The third kappa shape index (κ3) is 3.20. The van der Waals surface area contributed by atoms with E-state index in [0.717, 1.165) is 48.4 Å². The zero-order valence-corrected chi connectivity index (χ0v) is 15.1. The van der Waals surface area contributed by atoms with Gasteiger partial charge in [0, 0.05) is 30.2 Å². The lowest BCUT2D eigenvalue weighted by Crippen LogP contribution is -2.32. The molecule has 0 unspecified atom stereocenters. The average Bonchev–Trinajstić information content (AvgIpc) is 3.27. The molecule has 0 bridgehead atoms. The first-order valence-electron chi connectivity index (χ1n) is 8.97. The van der Waals surface area contributed by atoms with Crippen LogP contribution in [-0.2, 0) is 6.54 Å². The number of likely N-dealkylation sites (tertiary alicyclic amines) is 1. The number of carbonyl (C=O) groups is 1. The van der Waals surface area contributed by atoms with Crippen molar-refractivity contribution in [2.45, 2.75) is 25.4 Å². The second kappa shape index (κ2) is 6.88. The summed E-state index contributed by atoms with van der Waals surface area (Å²) in [5.41, 5.74) is 2.59. The standard InChI is InChI=1S/C20H23N5O/c1-24(2)13-15-9-10-21-19(22-15)18-8-5-11-25(18)20(26)17-12-14-6-3-4-7-16(14)23-17/h3-4,6-7,9-10,12,18,23H,5,8,11,13H2,1-2H3/t18-/m1/s1. The van der Waals surface area contributed by atoms with Crippen molar-refractivity contribution in [2.75, 3.05) is 20.6 Å². The molecule has 2 aromatic heterocycles. The van der Waals surface area contributed by atoms with Crippen molar-refractivity contribution >= 4 is 16.8 Å². The van der Waals surface area contributed by atoms with Crippen LogP contribution >= 0.6 is 0 Å². The second-order valence-corrected chi connectivity index (χ2v) is 7.07. The fraction of sp³-hybridized carbons (Fsp3) is 0.350. The third-order valence-electron chi connectivity index (χ3n) is 4.78. The number of aromatic nitrogens is 3. The smallest absolute Gasteiger partial charge is 0.270 e. The molecule has 1 aliphatic heterocycles. The van der Waals surface area contributed by atoms with E-state index >= 15 is 0 Å². The molecule has 3 heterocycles. The Morgan fingerprint density at radius 2 is 2.15 bits per heavy atom. The number of carbonyl (C=O) groups excluding carboxylic acids is 1. The van der Waals surface area contributed by atoms with Gasteiger partial charge in [-0.15, -0.1) is 0 Å². The predicted octanol–water partition coefficient (Wildman–Crippen LogP) is 3.00. The van der Waals surface area contributed by atoms with Crippen LogP contribution in [0.3, 0.4) is 0 Å². The van der Waals surface area contributed by atoms with Crippen LogP contribution in [-0.4, -0.2) is 51.3 Å². The van der Waals surface area contributed by atoms with Crippen molar-refractivity contribution in [3.63, 3.8) is 0 Å². The predicted molar refractivity (Wildman–Crippen MR) is 101 cm³/mol. The van der Waals surface area contributed by atoms with Gasteiger partial charge in [0.1, 0.15) is 5.69 Å². The van der Waals surface area contributed by atoms with Crippen LogP contribution in [0.15, 0.2) is 42.6 Å². The number of H-pyrrole nitrogens is 1. The van der Waals surface area contributed by atoms with Crippen LogP contribution in [0.2, 0.25) is 0 Å². The van der Waals surface area contributed by atoms with Crippen LogP contribution in [0.25, 0.3) is 10.9 Å². The molecule has 4 rings (SSSR count). The molecule has 0 radical (unpaired) electrons. The van der Waals surface area contributed by atoms with Crippen molar-refractivity contribution in [2.24, 2.45) is 0 Å². The molecule has 1 aliphatic rings. The number of benzene rings is 1. The van der Waals surface area contributed by atoms with Crippen LogP contribution in [0.5, 0.6) is 0 Å². The third-order valence-corrected chi connectivity index (χ3v) is 4.78. The summed E-state index contributed by atoms with van der Waals surface area (Å²) in [6.45, 7) is 1.50. The topological polar surface area (TPSA) is 65.1 Å². The summed E-state index contributed by atoms with van der Waals surface area (Å²) in [6.07, 6.45) is 3.67. The Hall–Kier alpha value is -2.73. The van der Waals surface area contributed by atoms with Crippen molar-refractivity contribution in [1.82, 2.24) is 24.8 Å². The highest BCUT2D eigenvalue weighted by Crippen LogP contribution is 2.31. The maximum absolute atomic E-state index is 13.1. The maximum Gasteiger partial charge on any atom is 0.270 e. The molecule has 6 nitrogen and oxygen atoms in total. The number of para-hydroxylation sites is 1. The number of nitrogens with one attached hydrogen (secondary N) is 1. The van der Waals surface area contributed by atoms with E-state index in [9.17, 15) is 4.79 Å². The lowest BCUT2D eigenvalue weighted by Gasteiger charge is -2.23. The molecule has 3 aromatic rings. The zero-order chi connectivity index (χ0) is 18.1. The van der Waals surface area contributed by atoms with Gasteiger partial charge in [-0.3, -0.25) is 4.79 Å². The van der Waals surface area contributed by atoms with Gasteiger partial charge in [-0.05, 0) is 45.1 Å². The van der Waals surface area contributed by atoms with Gasteiger partial charge >= 0.3 is 0 Å². The molecule has 26 heavy (non-hydrogen) atoms. The normalized spacial score (nSPS) is 17.3. The summed E-state index contributed by atoms with van der Waals surface area (Å²) in [6, 6.07) is 11.7. The quantitative estimate of drug-likeness (QED) is 0.786. The maximum atomic E-state index is 13.1. The fourth-order valence-corrected chi connectivity index (χ4v) is 3.61. The van der Waals surface area contributed by atoms with Crippen molar-refractivity contribution in [1.29, 1.82) is 0 Å². The molecule has 134 valence electrons. The van der Waals surface area contributed by atoms with Gasteiger partial charge in [-0.1, -0.05) is 18.2 Å². The summed E-state index contributed by atoms with van der Waals surface area (Å²) in [7, 11) is 4.03. The minimum Gasteiger partial charge on any atom is -0.351 e. The van der Waals surface area contributed by atoms with E-state index in [2.05, 4.69) is 14.9 Å². The van der Waals surface area contributed by atoms with Gasteiger partial charge in [0.2, 0.25) is 0 Å². The summed E-state index contributed by atoms with van der Waals surface area (Å²) < 4.78 is 0. The van der Waals surface area contributed by atoms with Crippen molar-refractivity contribution < 1.29 is 4.79 Å². The number of fused-ring (bicyclic) bond motifs is 1. The van der Waals surface area contributed by atoms with E-state index in [0.29, 0.717) is 5.69 Å². The lowest BCUT2D eigenvalue weighted by atomic mass is 10.2. The Morgan fingerprint density at radius 1 is 1.31 bits per heavy atom. The van der Waals surface area contributed by atoms with Gasteiger partial charge in [0.05, 0.1) is 11.7 Å². The molecule has 1 aromatic carbocycles. The minimum atomic E-state index is -0.0592. The minimum absolute atomic E-state index is 0.0188. The Labute approximate surface area is 152 Å². The van der Waals surface area contributed by atoms with E-state index in [1.54, 1.807) is 6.20 Å². The largest absolute Gasteiger partial charge is 0.351 e. The van der Waals surface area contributed by atoms with Crippen LogP contribution in [0, 0.1) is 0 Å². The molecule has 0 aliphatic carbocycles. The Morgan fingerprint density at radius 3 is 2.96 bits per heavy atom. The fourth-order valence-electron chi connectivity index (χ4n) is 3.61. The molecule has 0 saturated carbocycles. The first-order chi connectivity index (χ1) is 12.6. The first-order valence-corrected chi connectivity index (χ1v) is 8.97. The number of rotatable bonds is 4. The van der Waals surface area contributed by atoms with E-state index in [1.165, 1.54) is 0 Å². The molecule has 1 saturated heterocycles. The Balaban J connectivity index is 1.61. The summed E-state index contributed by atoms with van der Waals surface area (Å²) in [5.74, 6) is 0.761. The number of nitrogens with zero attached hydrogens (tertiary/aromatic N) is 4. The monoisotopic (exact) mass is 349 g/mol. The summed E-state index contributed by atoms with van der Waals surface area (Å²) in [5, 5.41) is 1.05. The van der Waals surface area contributed by atoms with Crippen LogP contribution in [0.1, 0.15) is 40.9 Å². The Kier molecular flexibility index (Phi) is 4.42. The van der Waals surface area contributed by atoms with E-state index in [4.69, 9.17) is 4.98 Å². The molecular weight excluding hydrogens is 326 g/mol. The van der Waals surface area contributed by atoms with Gasteiger partial charge in [0.25, 0.3) is 5.91 Å². The van der Waals surface area contributed by atoms with Gasteiger partial charge in [0.15, 0.2) is 5.82 Å². The van der Waals surface area contributed by atoms with E-state index < -0.39 is 0 Å². The zero-order valence-electron chi connectivity index (χ0n) is 15.1. The Bertz CT molecular complexity index is 900. The van der Waals surface area contributed by atoms with Gasteiger partial charge in [-0.25, -0.2) is 9.97 Å². The van der Waals surface area contributed by atoms with Gasteiger partial charge in [-0.2, -0.15) is 0 Å². The van der Waals surface area contributed by atoms with Crippen molar-refractivity contribution in [3.05, 3.63) is 59.8 Å². The number of aromatic amines is 1. The number of amides is 1. The van der Waals surface area contributed by atoms with Crippen molar-refractivity contribution in [3.8, 4) is 0 Å². The van der Waals surface area contributed by atoms with Crippen LogP contribution < -0.4 is 0 Å². The summed E-state index contributed by atoms with van der Waals surface area (Å²) in [4.78, 5) is 29.5. The SMILES string of the molecule is CN(C)Cc1ccnc([C@H]2CCCN2C(=O)c2cc3ccccc3[nH]2)n1.